The molecule has 10 nitrogen and oxygen atoms in total. The van der Waals surface area contributed by atoms with Crippen molar-refractivity contribution in [2.45, 2.75) is 39.9 Å². The van der Waals surface area contributed by atoms with Gasteiger partial charge in [0.15, 0.2) is 0 Å². The number of halogens is 2. The maximum absolute atomic E-state index is 13.0. The van der Waals surface area contributed by atoms with Crippen LogP contribution in [0.4, 0.5) is 0 Å². The summed E-state index contributed by atoms with van der Waals surface area (Å²) in [5, 5.41) is 7.91. The molecule has 2 heterocycles. The zero-order valence-electron chi connectivity index (χ0n) is 18.5. The topological polar surface area (TPSA) is 140 Å². The number of nitrogens with one attached hydrogen (secondary N) is 3. The van der Waals surface area contributed by atoms with E-state index < -0.39 is 11.2 Å². The van der Waals surface area contributed by atoms with Crippen molar-refractivity contribution in [2.24, 2.45) is 12.8 Å². The van der Waals surface area contributed by atoms with Crippen LogP contribution in [0.1, 0.15) is 33.6 Å². The third-order valence-electron chi connectivity index (χ3n) is 5.30. The molecular weight excluding hydrogens is 469 g/mol. The highest BCUT2D eigenvalue weighted by atomic mass is 35.5. The standard InChI is InChI=1S/C21H25Cl2N7O3/c1-11-16(7-18(31)25-9-14-6-15(22)5-4-13(14)8-24)20(32)30(21(33)27-11)26-10-17-12(2)28-29(3)19(17)23/h4-6,26H,7-10,24H2,1-3H3,(H,25,31)(H,27,33). The first-order valence-electron chi connectivity index (χ1n) is 10.1. The summed E-state index contributed by atoms with van der Waals surface area (Å²) in [6.07, 6.45) is -0.214. The number of hydrogen-bond donors (Lipinski definition) is 4. The number of carbonyl (C=O) groups excluding carboxylic acids is 1. The quantitative estimate of drug-likeness (QED) is 0.372. The summed E-state index contributed by atoms with van der Waals surface area (Å²) in [7, 11) is 1.69. The van der Waals surface area contributed by atoms with Crippen LogP contribution in [0.15, 0.2) is 27.8 Å². The lowest BCUT2D eigenvalue weighted by Crippen LogP contribution is -2.44. The summed E-state index contributed by atoms with van der Waals surface area (Å²) in [6, 6.07) is 5.27. The Hall–Kier alpha value is -3.08. The molecule has 0 unspecified atom stereocenters. The highest BCUT2D eigenvalue weighted by molar-refractivity contribution is 6.30. The molecule has 0 saturated heterocycles. The summed E-state index contributed by atoms with van der Waals surface area (Å²) >= 11 is 12.3. The van der Waals surface area contributed by atoms with Gasteiger partial charge in [-0.05, 0) is 37.1 Å². The number of benzene rings is 1. The second kappa shape index (κ2) is 10.2. The van der Waals surface area contributed by atoms with E-state index in [1.165, 1.54) is 4.68 Å². The summed E-state index contributed by atoms with van der Waals surface area (Å²) < 4.78 is 2.34. The highest BCUT2D eigenvalue weighted by Gasteiger charge is 2.17. The maximum Gasteiger partial charge on any atom is 0.347 e. The van der Waals surface area contributed by atoms with Crippen molar-refractivity contribution in [3.8, 4) is 0 Å². The van der Waals surface area contributed by atoms with E-state index in [2.05, 4.69) is 20.8 Å². The van der Waals surface area contributed by atoms with Gasteiger partial charge >= 0.3 is 5.69 Å². The molecule has 0 aliphatic carbocycles. The Morgan fingerprint density at radius 2 is 1.88 bits per heavy atom. The number of carbonyl (C=O) groups is 1. The number of nitrogens with zero attached hydrogens (tertiary/aromatic N) is 3. The molecule has 0 aliphatic heterocycles. The monoisotopic (exact) mass is 493 g/mol. The second-order valence-corrected chi connectivity index (χ2v) is 8.35. The molecule has 0 bridgehead atoms. The highest BCUT2D eigenvalue weighted by Crippen LogP contribution is 2.18. The first-order valence-corrected chi connectivity index (χ1v) is 10.9. The lowest BCUT2D eigenvalue weighted by Gasteiger charge is -2.13. The molecule has 0 spiro atoms. The predicted molar refractivity (Wildman–Crippen MR) is 127 cm³/mol. The van der Waals surface area contributed by atoms with Crippen LogP contribution in [0.2, 0.25) is 10.2 Å². The summed E-state index contributed by atoms with van der Waals surface area (Å²) in [4.78, 5) is 40.5. The average Bonchev–Trinajstić information content (AvgIpc) is 3.00. The Bertz CT molecular complexity index is 1310. The Morgan fingerprint density at radius 1 is 1.15 bits per heavy atom. The van der Waals surface area contributed by atoms with Crippen LogP contribution in [0.25, 0.3) is 0 Å². The molecule has 3 rings (SSSR count). The van der Waals surface area contributed by atoms with Gasteiger partial charge in [0.2, 0.25) is 5.91 Å². The van der Waals surface area contributed by atoms with Crippen molar-refractivity contribution < 1.29 is 4.79 Å². The van der Waals surface area contributed by atoms with Gasteiger partial charge in [0.25, 0.3) is 5.56 Å². The van der Waals surface area contributed by atoms with Gasteiger partial charge in [-0.15, -0.1) is 0 Å². The molecule has 0 atom stereocenters. The van der Waals surface area contributed by atoms with Crippen LogP contribution < -0.4 is 27.7 Å². The van der Waals surface area contributed by atoms with Crippen LogP contribution in [0.5, 0.6) is 0 Å². The molecule has 2 aromatic heterocycles. The average molecular weight is 494 g/mol. The SMILES string of the molecule is Cc1nn(C)c(Cl)c1CNn1c(=O)[nH]c(C)c(CC(=O)NCc2cc(Cl)ccc2CN)c1=O. The zero-order valence-corrected chi connectivity index (χ0v) is 20.0. The van der Waals surface area contributed by atoms with E-state index in [1.54, 1.807) is 39.1 Å². The number of nitrogens with two attached hydrogens (primary N) is 1. The fourth-order valence-corrected chi connectivity index (χ4v) is 3.88. The van der Waals surface area contributed by atoms with Gasteiger partial charge in [0.05, 0.1) is 18.7 Å². The first kappa shape index (κ1) is 24.6. The predicted octanol–water partition coefficient (Wildman–Crippen LogP) is 1.26. The second-order valence-electron chi connectivity index (χ2n) is 7.56. The fourth-order valence-electron chi connectivity index (χ4n) is 3.44. The number of amides is 1. The number of H-pyrrole nitrogens is 1. The van der Waals surface area contributed by atoms with E-state index in [0.29, 0.717) is 33.7 Å². The van der Waals surface area contributed by atoms with Crippen molar-refractivity contribution in [1.82, 2.24) is 24.8 Å². The smallest absolute Gasteiger partial charge is 0.347 e. The molecule has 0 fully saturated rings. The molecular formula is C21H25Cl2N7O3. The van der Waals surface area contributed by atoms with Gasteiger partial charge in [-0.2, -0.15) is 9.77 Å². The van der Waals surface area contributed by atoms with Crippen molar-refractivity contribution in [3.63, 3.8) is 0 Å². The minimum Gasteiger partial charge on any atom is -0.352 e. The summed E-state index contributed by atoms with van der Waals surface area (Å²) in [5.41, 5.74) is 10.7. The van der Waals surface area contributed by atoms with Gasteiger partial charge in [0.1, 0.15) is 5.15 Å². The van der Waals surface area contributed by atoms with Crippen LogP contribution in [0, 0.1) is 13.8 Å². The minimum atomic E-state index is -0.647. The van der Waals surface area contributed by atoms with E-state index in [-0.39, 0.29) is 31.0 Å². The van der Waals surface area contributed by atoms with Crippen LogP contribution in [-0.4, -0.2) is 25.3 Å². The van der Waals surface area contributed by atoms with Crippen molar-refractivity contribution in [3.05, 3.63) is 82.9 Å². The number of aromatic nitrogens is 4. The Kier molecular flexibility index (Phi) is 7.62. The Labute approximate surface area is 199 Å². The lowest BCUT2D eigenvalue weighted by atomic mass is 10.1. The number of aryl methyl sites for hydroxylation is 3. The van der Waals surface area contributed by atoms with Crippen molar-refractivity contribution >= 4 is 29.1 Å². The first-order chi connectivity index (χ1) is 15.6. The van der Waals surface area contributed by atoms with Crippen LogP contribution >= 0.6 is 23.2 Å². The van der Waals surface area contributed by atoms with E-state index in [4.69, 9.17) is 28.9 Å². The van der Waals surface area contributed by atoms with E-state index in [9.17, 15) is 14.4 Å². The summed E-state index contributed by atoms with van der Waals surface area (Å²) in [5.74, 6) is -0.386. The van der Waals surface area contributed by atoms with Gasteiger partial charge in [-0.25, -0.2) is 4.79 Å². The van der Waals surface area contributed by atoms with E-state index >= 15 is 0 Å². The van der Waals surface area contributed by atoms with Gasteiger partial charge < -0.3 is 21.5 Å². The third-order valence-corrected chi connectivity index (χ3v) is 6.00. The molecule has 33 heavy (non-hydrogen) atoms. The van der Waals surface area contributed by atoms with Gasteiger partial charge in [-0.1, -0.05) is 29.3 Å². The number of rotatable bonds is 8. The molecule has 1 amide bonds. The van der Waals surface area contributed by atoms with E-state index in [0.717, 1.165) is 15.8 Å². The van der Waals surface area contributed by atoms with Gasteiger partial charge in [-0.3, -0.25) is 14.3 Å². The number of aromatic amines is 1. The largest absolute Gasteiger partial charge is 0.352 e. The molecule has 3 aromatic rings. The van der Waals surface area contributed by atoms with Crippen molar-refractivity contribution in [1.29, 1.82) is 0 Å². The molecule has 5 N–H and O–H groups in total. The normalized spacial score (nSPS) is 11.0. The maximum atomic E-state index is 13.0. The Balaban J connectivity index is 1.77. The van der Waals surface area contributed by atoms with Gasteiger partial charge in [0, 0.05) is 42.0 Å². The number of hydrogen-bond acceptors (Lipinski definition) is 6. The minimum absolute atomic E-state index is 0.104. The van der Waals surface area contributed by atoms with Crippen LogP contribution in [0.3, 0.4) is 0 Å². The summed E-state index contributed by atoms with van der Waals surface area (Å²) in [6.45, 7) is 3.96. The lowest BCUT2D eigenvalue weighted by molar-refractivity contribution is -0.120. The Morgan fingerprint density at radius 3 is 2.52 bits per heavy atom. The molecule has 0 saturated carbocycles. The fraction of sp³-hybridized carbons (Fsp3) is 0.333. The molecule has 12 heteroatoms. The molecule has 1 aromatic carbocycles. The van der Waals surface area contributed by atoms with Crippen LogP contribution in [-0.2, 0) is 37.9 Å². The van der Waals surface area contributed by atoms with Crippen molar-refractivity contribution in [2.75, 3.05) is 5.43 Å². The zero-order chi connectivity index (χ0) is 24.3. The molecule has 0 radical (unpaired) electrons. The molecule has 176 valence electrons. The third kappa shape index (κ3) is 5.47. The molecule has 0 aliphatic rings. The van der Waals surface area contributed by atoms with E-state index in [1.807, 2.05) is 0 Å².